The van der Waals surface area contributed by atoms with Gasteiger partial charge in [0.2, 0.25) is 0 Å². The summed E-state index contributed by atoms with van der Waals surface area (Å²) in [6.07, 6.45) is 2.68. The van der Waals surface area contributed by atoms with Crippen LogP contribution in [0.2, 0.25) is 0 Å². The molecule has 0 bridgehead atoms. The lowest BCUT2D eigenvalue weighted by molar-refractivity contribution is 0.246. The molecular formula is C15H23NO. The Labute approximate surface area is 104 Å². The molecule has 0 saturated heterocycles. The molecule has 17 heavy (non-hydrogen) atoms. The molecule has 0 aliphatic heterocycles. The van der Waals surface area contributed by atoms with Crippen LogP contribution in [0.3, 0.4) is 0 Å². The van der Waals surface area contributed by atoms with E-state index in [1.165, 1.54) is 18.4 Å². The van der Waals surface area contributed by atoms with Crippen LogP contribution in [0.4, 0.5) is 0 Å². The molecular weight excluding hydrogens is 210 g/mol. The molecule has 0 spiro atoms. The quantitative estimate of drug-likeness (QED) is 0.814. The van der Waals surface area contributed by atoms with Crippen LogP contribution in [-0.2, 0) is 0 Å². The molecule has 2 nitrogen and oxygen atoms in total. The van der Waals surface area contributed by atoms with Crippen LogP contribution in [0.15, 0.2) is 24.3 Å². The second-order valence-corrected chi connectivity index (χ2v) is 4.76. The summed E-state index contributed by atoms with van der Waals surface area (Å²) in [7, 11) is 0. The number of ether oxygens (including phenoxy) is 1. The van der Waals surface area contributed by atoms with Gasteiger partial charge in [-0.2, -0.15) is 0 Å². The second kappa shape index (κ2) is 6.06. The molecule has 1 aromatic carbocycles. The van der Waals surface area contributed by atoms with Gasteiger partial charge in [-0.15, -0.1) is 0 Å². The molecule has 1 N–H and O–H groups in total. The standard InChI is InChI=1S/C15H23NO/c1-3-16-11-13-8-9-15(13)12-6-5-7-14(10-12)17-4-2/h5-7,10,13,15-16H,3-4,8-9,11H2,1-2H3. The van der Waals surface area contributed by atoms with Gasteiger partial charge < -0.3 is 10.1 Å². The third-order valence-electron chi connectivity index (χ3n) is 3.67. The number of nitrogens with one attached hydrogen (secondary N) is 1. The van der Waals surface area contributed by atoms with E-state index < -0.39 is 0 Å². The Morgan fingerprint density at radius 2 is 2.18 bits per heavy atom. The first kappa shape index (κ1) is 12.4. The van der Waals surface area contributed by atoms with Crippen LogP contribution in [0.25, 0.3) is 0 Å². The third-order valence-corrected chi connectivity index (χ3v) is 3.67. The summed E-state index contributed by atoms with van der Waals surface area (Å²) in [6.45, 7) is 7.17. The highest BCUT2D eigenvalue weighted by atomic mass is 16.5. The van der Waals surface area contributed by atoms with E-state index in [1.807, 2.05) is 13.0 Å². The number of rotatable bonds is 6. The second-order valence-electron chi connectivity index (χ2n) is 4.76. The molecule has 1 saturated carbocycles. The van der Waals surface area contributed by atoms with E-state index in [9.17, 15) is 0 Å². The van der Waals surface area contributed by atoms with Crippen LogP contribution in [-0.4, -0.2) is 19.7 Å². The van der Waals surface area contributed by atoms with E-state index >= 15 is 0 Å². The fourth-order valence-electron chi connectivity index (χ4n) is 2.58. The Bertz CT molecular complexity index is 351. The maximum atomic E-state index is 5.57. The van der Waals surface area contributed by atoms with E-state index in [0.717, 1.165) is 37.3 Å². The maximum absolute atomic E-state index is 5.57. The van der Waals surface area contributed by atoms with Crippen molar-refractivity contribution in [3.8, 4) is 5.75 Å². The zero-order chi connectivity index (χ0) is 12.1. The van der Waals surface area contributed by atoms with E-state index in [0.29, 0.717) is 0 Å². The Morgan fingerprint density at radius 1 is 1.29 bits per heavy atom. The van der Waals surface area contributed by atoms with Crippen molar-refractivity contribution in [2.24, 2.45) is 5.92 Å². The van der Waals surface area contributed by atoms with Crippen molar-refractivity contribution >= 4 is 0 Å². The van der Waals surface area contributed by atoms with E-state index in [-0.39, 0.29) is 0 Å². The maximum Gasteiger partial charge on any atom is 0.119 e. The van der Waals surface area contributed by atoms with E-state index in [4.69, 9.17) is 4.74 Å². The molecule has 0 amide bonds. The Morgan fingerprint density at radius 3 is 2.82 bits per heavy atom. The first-order chi connectivity index (χ1) is 8.35. The van der Waals surface area contributed by atoms with E-state index in [2.05, 4.69) is 30.4 Å². The summed E-state index contributed by atoms with van der Waals surface area (Å²) in [5.74, 6) is 2.56. The predicted molar refractivity (Wildman–Crippen MR) is 71.6 cm³/mol. The Balaban J connectivity index is 1.99. The zero-order valence-electron chi connectivity index (χ0n) is 10.9. The molecule has 1 aromatic rings. The minimum absolute atomic E-state index is 0.731. The van der Waals surface area contributed by atoms with Crippen LogP contribution >= 0.6 is 0 Å². The summed E-state index contributed by atoms with van der Waals surface area (Å²) in [6, 6.07) is 8.62. The highest BCUT2D eigenvalue weighted by Gasteiger charge is 2.31. The molecule has 1 fully saturated rings. The summed E-state index contributed by atoms with van der Waals surface area (Å²) < 4.78 is 5.57. The van der Waals surface area contributed by atoms with Gasteiger partial charge in [-0.05, 0) is 62.4 Å². The molecule has 1 aliphatic rings. The van der Waals surface area contributed by atoms with Gasteiger partial charge >= 0.3 is 0 Å². The normalized spacial score (nSPS) is 23.2. The topological polar surface area (TPSA) is 21.3 Å². The largest absolute Gasteiger partial charge is 0.494 e. The van der Waals surface area contributed by atoms with Crippen molar-refractivity contribution in [1.29, 1.82) is 0 Å². The van der Waals surface area contributed by atoms with Crippen LogP contribution in [0.1, 0.15) is 38.2 Å². The average molecular weight is 233 g/mol. The molecule has 0 radical (unpaired) electrons. The first-order valence-electron chi connectivity index (χ1n) is 6.78. The van der Waals surface area contributed by atoms with Crippen molar-refractivity contribution in [3.05, 3.63) is 29.8 Å². The SMILES string of the molecule is CCNCC1CCC1c1cccc(OCC)c1. The lowest BCUT2D eigenvalue weighted by Crippen LogP contribution is -2.33. The Hall–Kier alpha value is -1.02. The summed E-state index contributed by atoms with van der Waals surface area (Å²) >= 11 is 0. The van der Waals surface area contributed by atoms with Crippen LogP contribution < -0.4 is 10.1 Å². The highest BCUT2D eigenvalue weighted by Crippen LogP contribution is 2.42. The molecule has 1 aliphatic carbocycles. The van der Waals surface area contributed by atoms with Gasteiger partial charge in [0, 0.05) is 0 Å². The summed E-state index contributed by atoms with van der Waals surface area (Å²) in [5, 5.41) is 3.46. The number of hydrogen-bond acceptors (Lipinski definition) is 2. The molecule has 2 rings (SSSR count). The molecule has 2 heteroatoms. The summed E-state index contributed by atoms with van der Waals surface area (Å²) in [5.41, 5.74) is 1.45. The minimum atomic E-state index is 0.731. The van der Waals surface area contributed by atoms with Crippen molar-refractivity contribution in [3.63, 3.8) is 0 Å². The predicted octanol–water partition coefficient (Wildman–Crippen LogP) is 3.19. The van der Waals surface area contributed by atoms with Gasteiger partial charge in [0.15, 0.2) is 0 Å². The first-order valence-corrected chi connectivity index (χ1v) is 6.78. The van der Waals surface area contributed by atoms with Crippen molar-refractivity contribution in [1.82, 2.24) is 5.32 Å². The highest BCUT2D eigenvalue weighted by molar-refractivity contribution is 5.32. The van der Waals surface area contributed by atoms with Crippen molar-refractivity contribution < 1.29 is 4.74 Å². The summed E-state index contributed by atoms with van der Waals surface area (Å²) in [4.78, 5) is 0. The average Bonchev–Trinajstić information content (AvgIpc) is 2.29. The third kappa shape index (κ3) is 3.01. The van der Waals surface area contributed by atoms with Gasteiger partial charge in [-0.1, -0.05) is 19.1 Å². The van der Waals surface area contributed by atoms with Gasteiger partial charge in [-0.3, -0.25) is 0 Å². The number of benzene rings is 1. The lowest BCUT2D eigenvalue weighted by Gasteiger charge is -2.37. The van der Waals surface area contributed by atoms with Crippen molar-refractivity contribution in [2.45, 2.75) is 32.6 Å². The van der Waals surface area contributed by atoms with Crippen LogP contribution in [0, 0.1) is 5.92 Å². The van der Waals surface area contributed by atoms with Gasteiger partial charge in [0.05, 0.1) is 6.61 Å². The molecule has 94 valence electrons. The molecule has 0 heterocycles. The molecule has 2 unspecified atom stereocenters. The monoisotopic (exact) mass is 233 g/mol. The van der Waals surface area contributed by atoms with Gasteiger partial charge in [-0.25, -0.2) is 0 Å². The van der Waals surface area contributed by atoms with E-state index in [1.54, 1.807) is 0 Å². The Kier molecular flexibility index (Phi) is 4.43. The lowest BCUT2D eigenvalue weighted by atomic mass is 9.70. The van der Waals surface area contributed by atoms with Gasteiger partial charge in [0.25, 0.3) is 0 Å². The number of hydrogen-bond donors (Lipinski definition) is 1. The fourth-order valence-corrected chi connectivity index (χ4v) is 2.58. The fraction of sp³-hybridized carbons (Fsp3) is 0.600. The molecule has 0 aromatic heterocycles. The minimum Gasteiger partial charge on any atom is -0.494 e. The molecule has 2 atom stereocenters. The smallest absolute Gasteiger partial charge is 0.119 e. The van der Waals surface area contributed by atoms with Crippen LogP contribution in [0.5, 0.6) is 5.75 Å². The van der Waals surface area contributed by atoms with Gasteiger partial charge in [0.1, 0.15) is 5.75 Å². The zero-order valence-corrected chi connectivity index (χ0v) is 10.9. The van der Waals surface area contributed by atoms with Crippen molar-refractivity contribution in [2.75, 3.05) is 19.7 Å².